The summed E-state index contributed by atoms with van der Waals surface area (Å²) in [5.41, 5.74) is 5.61. The fourth-order valence-corrected chi connectivity index (χ4v) is 1.88. The minimum absolute atomic E-state index is 0. The van der Waals surface area contributed by atoms with Crippen LogP contribution in [0.1, 0.15) is 48.5 Å². The van der Waals surface area contributed by atoms with Crippen molar-refractivity contribution in [2.24, 2.45) is 5.92 Å². The fraction of sp³-hybridized carbons (Fsp3) is 0.733. The van der Waals surface area contributed by atoms with E-state index in [9.17, 15) is 0 Å². The average molecular weight is 416 g/mol. The largest absolute Gasteiger partial charge is 0.682 e. The monoisotopic (exact) mass is 413 g/mol. The minimum atomic E-state index is 0. The van der Waals surface area contributed by atoms with Gasteiger partial charge in [0.15, 0.2) is 0 Å². The molecule has 1 unspecified atom stereocenters. The first-order valence-corrected chi connectivity index (χ1v) is 8.82. The quantitative estimate of drug-likeness (QED) is 0.482. The topological polar surface area (TPSA) is 14.1 Å². The summed E-state index contributed by atoms with van der Waals surface area (Å²) in [6.45, 7) is 19.7. The summed E-state index contributed by atoms with van der Waals surface area (Å²) >= 11 is 0. The molecule has 0 saturated carbocycles. The van der Waals surface area contributed by atoms with Gasteiger partial charge in [-0.1, -0.05) is 57.5 Å². The van der Waals surface area contributed by atoms with Crippen molar-refractivity contribution in [3.05, 3.63) is 27.7 Å². The third-order valence-corrected chi connectivity index (χ3v) is 3.05. The summed E-state index contributed by atoms with van der Waals surface area (Å²) in [7, 11) is 0.750. The summed E-state index contributed by atoms with van der Waals surface area (Å²) < 4.78 is 0. The van der Waals surface area contributed by atoms with Gasteiger partial charge in [-0.15, -0.1) is 30.4 Å². The molecule has 1 aliphatic rings. The van der Waals surface area contributed by atoms with Gasteiger partial charge in [-0.05, 0) is 26.7 Å². The first-order valence-electron chi connectivity index (χ1n) is 6.51. The second-order valence-electron chi connectivity index (χ2n) is 5.90. The van der Waals surface area contributed by atoms with Gasteiger partial charge in [-0.2, -0.15) is 5.70 Å². The molecular formula is C15H31Cl2NSiZr-. The van der Waals surface area contributed by atoms with E-state index in [1.54, 1.807) is 0 Å². The Hall–Kier alpha value is 0.960. The van der Waals surface area contributed by atoms with Crippen LogP contribution < -0.4 is 0 Å². The van der Waals surface area contributed by atoms with Gasteiger partial charge >= 0.3 is 0 Å². The molecule has 0 aromatic heterocycles. The standard InChI is InChI=1S/C13H22N.C2H7Si.2ClH.Zr/c1-8-9(2)11(4)12(10(8)3)14-13(5,6)7;1-3-2;;;/h10H,1-7H3;3H,1-2H3;2*1H;/q-1;;;;. The van der Waals surface area contributed by atoms with Crippen LogP contribution in [0.3, 0.4) is 0 Å². The molecule has 1 atom stereocenters. The predicted octanol–water partition coefficient (Wildman–Crippen LogP) is 5.78. The van der Waals surface area contributed by atoms with Crippen molar-refractivity contribution in [1.29, 1.82) is 0 Å². The van der Waals surface area contributed by atoms with Crippen LogP contribution in [-0.4, -0.2) is 15.1 Å². The van der Waals surface area contributed by atoms with E-state index in [0.717, 1.165) is 9.52 Å². The molecule has 1 nitrogen and oxygen atoms in total. The predicted molar refractivity (Wildman–Crippen MR) is 96.7 cm³/mol. The third-order valence-electron chi connectivity index (χ3n) is 3.05. The summed E-state index contributed by atoms with van der Waals surface area (Å²) in [4.78, 5) is 0. The van der Waals surface area contributed by atoms with E-state index in [-0.39, 0.29) is 56.6 Å². The van der Waals surface area contributed by atoms with Gasteiger partial charge in [0.25, 0.3) is 0 Å². The van der Waals surface area contributed by atoms with E-state index in [2.05, 4.69) is 61.6 Å². The zero-order valence-corrected chi connectivity index (χ0v) is 19.7. The van der Waals surface area contributed by atoms with Gasteiger partial charge in [0.1, 0.15) is 0 Å². The summed E-state index contributed by atoms with van der Waals surface area (Å²) in [6, 6.07) is 0. The fourth-order valence-electron chi connectivity index (χ4n) is 1.88. The van der Waals surface area contributed by atoms with Crippen LogP contribution in [0.15, 0.2) is 22.4 Å². The van der Waals surface area contributed by atoms with Crippen LogP contribution in [0.5, 0.6) is 0 Å². The van der Waals surface area contributed by atoms with Crippen molar-refractivity contribution in [3.8, 4) is 0 Å². The maximum Gasteiger partial charge on any atom is 0.0213 e. The Balaban J connectivity index is -0.000000196. The van der Waals surface area contributed by atoms with E-state index in [1.165, 1.54) is 22.4 Å². The average Bonchev–Trinajstić information content (AvgIpc) is 2.35. The second-order valence-corrected chi connectivity index (χ2v) is 7.05. The molecule has 0 bridgehead atoms. The molecule has 0 aliphatic heterocycles. The van der Waals surface area contributed by atoms with Gasteiger partial charge in [-0.3, -0.25) is 0 Å². The molecule has 0 N–H and O–H groups in total. The van der Waals surface area contributed by atoms with Crippen LogP contribution in [-0.2, 0) is 26.2 Å². The second kappa shape index (κ2) is 12.5. The number of allylic oxidation sites excluding steroid dienone is 3. The molecule has 0 heterocycles. The smallest absolute Gasteiger partial charge is 0.0213 e. The SMILES string of the molecule is CC1=C(C)C(C)C([N-]C(C)(C)C)=C1C.C[SiH]C.Cl.Cl.[Zr]. The van der Waals surface area contributed by atoms with E-state index >= 15 is 0 Å². The molecule has 0 aromatic carbocycles. The van der Waals surface area contributed by atoms with Crippen LogP contribution in [0.25, 0.3) is 5.32 Å². The Bertz CT molecular complexity index is 333. The molecule has 0 fully saturated rings. The van der Waals surface area contributed by atoms with E-state index in [0.29, 0.717) is 5.92 Å². The van der Waals surface area contributed by atoms with Gasteiger partial charge in [-0.25, -0.2) is 0 Å². The van der Waals surface area contributed by atoms with Crippen molar-refractivity contribution in [2.75, 3.05) is 0 Å². The molecule has 119 valence electrons. The third kappa shape index (κ3) is 9.07. The maximum absolute atomic E-state index is 4.81. The number of halogens is 2. The van der Waals surface area contributed by atoms with Crippen LogP contribution >= 0.6 is 24.8 Å². The van der Waals surface area contributed by atoms with E-state index < -0.39 is 0 Å². The van der Waals surface area contributed by atoms with E-state index in [4.69, 9.17) is 5.32 Å². The molecule has 5 heteroatoms. The Morgan fingerprint density at radius 3 is 1.50 bits per heavy atom. The number of rotatable bonds is 1. The molecule has 0 aromatic rings. The molecule has 20 heavy (non-hydrogen) atoms. The van der Waals surface area contributed by atoms with Crippen molar-refractivity contribution in [2.45, 2.75) is 67.1 Å². The molecule has 0 spiro atoms. The molecule has 0 amide bonds. The summed E-state index contributed by atoms with van der Waals surface area (Å²) in [5.74, 6) is 0.509. The zero-order valence-electron chi connectivity index (χ0n) is 14.4. The van der Waals surface area contributed by atoms with Gasteiger partial charge in [0, 0.05) is 35.7 Å². The molecule has 1 radical (unpaired) electrons. The summed E-state index contributed by atoms with van der Waals surface area (Å²) in [6.07, 6.45) is 0. The van der Waals surface area contributed by atoms with E-state index in [1.807, 2.05) is 0 Å². The minimum Gasteiger partial charge on any atom is -0.682 e. The Morgan fingerprint density at radius 2 is 1.30 bits per heavy atom. The first kappa shape index (κ1) is 29.0. The van der Waals surface area contributed by atoms with Crippen molar-refractivity contribution >= 4 is 34.3 Å². The Labute approximate surface area is 160 Å². The zero-order chi connectivity index (χ0) is 13.8. The van der Waals surface area contributed by atoms with Crippen molar-refractivity contribution in [3.63, 3.8) is 0 Å². The maximum atomic E-state index is 4.81. The van der Waals surface area contributed by atoms with Gasteiger partial charge in [0.05, 0.1) is 0 Å². The van der Waals surface area contributed by atoms with Gasteiger partial charge in [0.2, 0.25) is 0 Å². The molecule has 1 rings (SSSR count). The first-order chi connectivity index (χ1) is 7.65. The van der Waals surface area contributed by atoms with Crippen LogP contribution in [0.4, 0.5) is 0 Å². The Morgan fingerprint density at radius 1 is 0.950 bits per heavy atom. The molecule has 0 saturated heterocycles. The Kier molecular flexibility index (Phi) is 18.1. The number of hydrogen-bond donors (Lipinski definition) is 0. The number of hydrogen-bond acceptors (Lipinski definition) is 0. The van der Waals surface area contributed by atoms with Crippen molar-refractivity contribution in [1.82, 2.24) is 0 Å². The van der Waals surface area contributed by atoms with Crippen LogP contribution in [0, 0.1) is 5.92 Å². The van der Waals surface area contributed by atoms with Gasteiger partial charge < -0.3 is 5.32 Å². The molecular weight excluding hydrogens is 384 g/mol. The van der Waals surface area contributed by atoms with Crippen LogP contribution in [0.2, 0.25) is 13.1 Å². The summed E-state index contributed by atoms with van der Waals surface area (Å²) in [5, 5.41) is 4.81. The normalized spacial score (nSPS) is 17.4. The van der Waals surface area contributed by atoms with Crippen molar-refractivity contribution < 1.29 is 26.2 Å². The number of nitrogens with zero attached hydrogens (tertiary/aromatic N) is 1. The molecule has 1 aliphatic carbocycles.